The molecule has 2 heterocycles. The maximum absolute atomic E-state index is 13.0. The summed E-state index contributed by atoms with van der Waals surface area (Å²) in [5.74, 6) is -1.77. The van der Waals surface area contributed by atoms with Gasteiger partial charge in [-0.05, 0) is 28.8 Å². The van der Waals surface area contributed by atoms with Crippen molar-refractivity contribution in [3.63, 3.8) is 0 Å². The Morgan fingerprint density at radius 3 is 2.42 bits per heavy atom. The van der Waals surface area contributed by atoms with Gasteiger partial charge in [-0.3, -0.25) is 19.1 Å². The van der Waals surface area contributed by atoms with Crippen LogP contribution in [-0.4, -0.2) is 51.8 Å². The van der Waals surface area contributed by atoms with E-state index in [9.17, 15) is 19.1 Å². The minimum atomic E-state index is -0.709. The van der Waals surface area contributed by atoms with Gasteiger partial charge in [-0.15, -0.1) is 0 Å². The number of nitrogens with one attached hydrogen (secondary N) is 1. The zero-order valence-corrected chi connectivity index (χ0v) is 18.0. The summed E-state index contributed by atoms with van der Waals surface area (Å²) in [4.78, 5) is 31.5. The number of morpholine rings is 1. The standard InChI is InChI=1S/C24H25FN4O4/c25-20-7-5-17(6-8-20)13-26-23(31)21-22(30)24(32)29(16-27-21)15-19-4-2-1-3-18(19)14-28-9-11-33-12-10-28/h1-8,16,30H,9-15H2,(H,26,31). The van der Waals surface area contributed by atoms with E-state index >= 15 is 0 Å². The molecule has 1 aliphatic rings. The van der Waals surface area contributed by atoms with Gasteiger partial charge in [0.05, 0.1) is 26.1 Å². The van der Waals surface area contributed by atoms with Crippen molar-refractivity contribution in [3.8, 4) is 5.75 Å². The SMILES string of the molecule is O=C(NCc1ccc(F)cc1)c1ncn(Cc2ccccc2CN2CCOCC2)c(=O)c1O. The first-order valence-corrected chi connectivity index (χ1v) is 10.7. The number of amides is 1. The Morgan fingerprint density at radius 2 is 1.73 bits per heavy atom. The van der Waals surface area contributed by atoms with Crippen molar-refractivity contribution in [2.45, 2.75) is 19.6 Å². The smallest absolute Gasteiger partial charge is 0.296 e. The van der Waals surface area contributed by atoms with E-state index in [1.807, 2.05) is 24.3 Å². The summed E-state index contributed by atoms with van der Waals surface area (Å²) in [5, 5.41) is 12.9. The molecule has 2 N–H and O–H groups in total. The molecule has 1 fully saturated rings. The van der Waals surface area contributed by atoms with Gasteiger partial charge in [-0.2, -0.15) is 0 Å². The Bertz CT molecular complexity index is 1170. The van der Waals surface area contributed by atoms with E-state index < -0.39 is 17.2 Å². The number of aromatic hydroxyl groups is 1. The molecule has 3 aromatic rings. The second-order valence-electron chi connectivity index (χ2n) is 7.84. The highest BCUT2D eigenvalue weighted by atomic mass is 19.1. The Balaban J connectivity index is 1.47. The van der Waals surface area contributed by atoms with Gasteiger partial charge in [-0.25, -0.2) is 9.37 Å². The Hall–Kier alpha value is -3.56. The fourth-order valence-electron chi connectivity index (χ4n) is 3.68. The molecule has 1 aromatic heterocycles. The average Bonchev–Trinajstić information content (AvgIpc) is 2.83. The van der Waals surface area contributed by atoms with Crippen molar-refractivity contribution in [1.82, 2.24) is 19.8 Å². The number of rotatable bonds is 7. The number of halogens is 1. The zero-order valence-electron chi connectivity index (χ0n) is 18.0. The van der Waals surface area contributed by atoms with E-state index in [2.05, 4.69) is 15.2 Å². The molecule has 1 amide bonds. The molecule has 0 spiro atoms. The molecular weight excluding hydrogens is 427 g/mol. The van der Waals surface area contributed by atoms with Gasteiger partial charge in [0.15, 0.2) is 5.69 Å². The third-order valence-corrected chi connectivity index (χ3v) is 5.55. The number of aromatic nitrogens is 2. The second-order valence-corrected chi connectivity index (χ2v) is 7.84. The summed E-state index contributed by atoms with van der Waals surface area (Å²) in [5.41, 5.74) is 1.64. The number of ether oxygens (including phenoxy) is 1. The third-order valence-electron chi connectivity index (χ3n) is 5.55. The van der Waals surface area contributed by atoms with Crippen molar-refractivity contribution in [2.24, 2.45) is 0 Å². The highest BCUT2D eigenvalue weighted by molar-refractivity contribution is 5.94. The van der Waals surface area contributed by atoms with Crippen LogP contribution >= 0.6 is 0 Å². The number of carbonyl (C=O) groups is 1. The fourth-order valence-corrected chi connectivity index (χ4v) is 3.68. The second kappa shape index (κ2) is 10.4. The van der Waals surface area contributed by atoms with Crippen LogP contribution < -0.4 is 10.9 Å². The van der Waals surface area contributed by atoms with Crippen molar-refractivity contribution < 1.29 is 19.0 Å². The molecule has 4 rings (SSSR count). The first kappa shape index (κ1) is 22.6. The van der Waals surface area contributed by atoms with Crippen molar-refractivity contribution in [2.75, 3.05) is 26.3 Å². The molecule has 1 saturated heterocycles. The average molecular weight is 452 g/mol. The van der Waals surface area contributed by atoms with Crippen LogP contribution in [0.3, 0.4) is 0 Å². The zero-order chi connectivity index (χ0) is 23.2. The van der Waals surface area contributed by atoms with Crippen LogP contribution in [0.15, 0.2) is 59.7 Å². The maximum atomic E-state index is 13.0. The number of carbonyl (C=O) groups excluding carboxylic acids is 1. The highest BCUT2D eigenvalue weighted by Crippen LogP contribution is 2.15. The predicted molar refractivity (Wildman–Crippen MR) is 119 cm³/mol. The quantitative estimate of drug-likeness (QED) is 0.569. The molecule has 9 heteroatoms. The number of hydrogen-bond acceptors (Lipinski definition) is 6. The largest absolute Gasteiger partial charge is 0.501 e. The summed E-state index contributed by atoms with van der Waals surface area (Å²) in [6, 6.07) is 13.4. The first-order chi connectivity index (χ1) is 16.0. The van der Waals surface area contributed by atoms with Crippen LogP contribution in [0.2, 0.25) is 0 Å². The molecule has 0 atom stereocenters. The lowest BCUT2D eigenvalue weighted by molar-refractivity contribution is 0.0340. The topological polar surface area (TPSA) is 96.7 Å². The summed E-state index contributed by atoms with van der Waals surface area (Å²) >= 11 is 0. The molecular formula is C24H25FN4O4. The Morgan fingerprint density at radius 1 is 1.06 bits per heavy atom. The molecule has 33 heavy (non-hydrogen) atoms. The van der Waals surface area contributed by atoms with E-state index in [-0.39, 0.29) is 24.6 Å². The highest BCUT2D eigenvalue weighted by Gasteiger charge is 2.19. The predicted octanol–water partition coefficient (Wildman–Crippen LogP) is 1.90. The summed E-state index contributed by atoms with van der Waals surface area (Å²) in [6.07, 6.45) is 1.26. The molecule has 0 aliphatic carbocycles. The van der Waals surface area contributed by atoms with Crippen molar-refractivity contribution >= 4 is 5.91 Å². The first-order valence-electron chi connectivity index (χ1n) is 10.7. The molecule has 0 radical (unpaired) electrons. The summed E-state index contributed by atoms with van der Waals surface area (Å²) in [6.45, 7) is 4.15. The fraction of sp³-hybridized carbons (Fsp3) is 0.292. The van der Waals surface area contributed by atoms with E-state index in [4.69, 9.17) is 4.74 Å². The molecule has 0 saturated carbocycles. The van der Waals surface area contributed by atoms with Crippen LogP contribution in [-0.2, 0) is 24.4 Å². The summed E-state index contributed by atoms with van der Waals surface area (Å²) in [7, 11) is 0. The molecule has 172 valence electrons. The monoisotopic (exact) mass is 452 g/mol. The Kier molecular flexibility index (Phi) is 7.11. The number of hydrogen-bond donors (Lipinski definition) is 2. The van der Waals surface area contributed by atoms with Gasteiger partial charge >= 0.3 is 0 Å². The Labute approximate surface area is 190 Å². The minimum Gasteiger partial charge on any atom is -0.501 e. The van der Waals surface area contributed by atoms with Gasteiger partial charge < -0.3 is 15.2 Å². The molecule has 8 nitrogen and oxygen atoms in total. The van der Waals surface area contributed by atoms with Gasteiger partial charge in [-0.1, -0.05) is 36.4 Å². The van der Waals surface area contributed by atoms with Gasteiger partial charge in [0.2, 0.25) is 5.75 Å². The molecule has 0 bridgehead atoms. The van der Waals surface area contributed by atoms with Crippen LogP contribution in [0.4, 0.5) is 4.39 Å². The van der Waals surface area contributed by atoms with E-state index in [1.165, 1.54) is 35.2 Å². The van der Waals surface area contributed by atoms with Crippen LogP contribution in [0, 0.1) is 5.82 Å². The van der Waals surface area contributed by atoms with E-state index in [1.54, 1.807) is 0 Å². The minimum absolute atomic E-state index is 0.109. The maximum Gasteiger partial charge on any atom is 0.296 e. The van der Waals surface area contributed by atoms with Crippen LogP contribution in [0.1, 0.15) is 27.2 Å². The molecule has 1 aliphatic heterocycles. The van der Waals surface area contributed by atoms with Gasteiger partial charge in [0, 0.05) is 26.2 Å². The van der Waals surface area contributed by atoms with Crippen LogP contribution in [0.25, 0.3) is 0 Å². The van der Waals surface area contributed by atoms with Crippen molar-refractivity contribution in [1.29, 1.82) is 0 Å². The summed E-state index contributed by atoms with van der Waals surface area (Å²) < 4.78 is 19.7. The normalized spacial score (nSPS) is 14.2. The number of benzene rings is 2. The van der Waals surface area contributed by atoms with Gasteiger partial charge in [0.25, 0.3) is 11.5 Å². The lowest BCUT2D eigenvalue weighted by Gasteiger charge is -2.27. The third kappa shape index (κ3) is 5.63. The molecule has 0 unspecified atom stereocenters. The van der Waals surface area contributed by atoms with Crippen molar-refractivity contribution in [3.05, 3.63) is 93.4 Å². The number of nitrogens with zero attached hydrogens (tertiary/aromatic N) is 3. The molecule has 2 aromatic carbocycles. The lowest BCUT2D eigenvalue weighted by Crippen LogP contribution is -2.36. The van der Waals surface area contributed by atoms with E-state index in [0.717, 1.165) is 30.8 Å². The van der Waals surface area contributed by atoms with Gasteiger partial charge in [0.1, 0.15) is 5.82 Å². The lowest BCUT2D eigenvalue weighted by atomic mass is 10.1. The van der Waals surface area contributed by atoms with Crippen LogP contribution in [0.5, 0.6) is 5.75 Å². The van der Waals surface area contributed by atoms with E-state index in [0.29, 0.717) is 18.8 Å².